The molecule has 0 aromatic carbocycles. The average Bonchev–Trinajstić information content (AvgIpc) is 2.34. The second kappa shape index (κ2) is 3.55. The number of hydrogen-bond donors (Lipinski definition) is 0. The van der Waals surface area contributed by atoms with E-state index < -0.39 is 0 Å². The van der Waals surface area contributed by atoms with Gasteiger partial charge >= 0.3 is 0 Å². The van der Waals surface area contributed by atoms with E-state index in [0.717, 1.165) is 15.7 Å². The highest BCUT2D eigenvalue weighted by atomic mass is 32.1. The maximum atomic E-state index is 8.51. The molecule has 1 heterocycles. The minimum absolute atomic E-state index is 0.470. The lowest BCUT2D eigenvalue weighted by Gasteiger charge is -2.04. The molecule has 0 aliphatic rings. The van der Waals surface area contributed by atoms with E-state index in [1.165, 1.54) is 0 Å². The number of nitriles is 1. The lowest BCUT2D eigenvalue weighted by molar-refractivity contribution is 1.08. The summed E-state index contributed by atoms with van der Waals surface area (Å²) < 4.78 is 0. The maximum absolute atomic E-state index is 8.51. The second-order valence-corrected chi connectivity index (χ2v) is 3.80. The Morgan fingerprint density at radius 3 is 2.67 bits per heavy atom. The number of aryl methyl sites for hydroxylation is 1. The number of thiazole rings is 1. The summed E-state index contributed by atoms with van der Waals surface area (Å²) in [6, 6.07) is 2.13. The molecule has 0 aliphatic carbocycles. The molecular weight excluding hydrogens is 170 g/mol. The van der Waals surface area contributed by atoms with E-state index in [-0.39, 0.29) is 0 Å². The zero-order valence-electron chi connectivity index (χ0n) is 7.46. The first-order valence-corrected chi connectivity index (χ1v) is 4.47. The van der Waals surface area contributed by atoms with Crippen molar-refractivity contribution in [3.63, 3.8) is 0 Å². The van der Waals surface area contributed by atoms with Crippen LogP contribution in [0.2, 0.25) is 0 Å². The normalized spacial score (nSPS) is 9.50. The molecule has 0 atom stereocenters. The Kier molecular flexibility index (Phi) is 2.66. The van der Waals surface area contributed by atoms with E-state index in [2.05, 4.69) is 11.1 Å². The van der Waals surface area contributed by atoms with Crippen LogP contribution in [0.4, 0.5) is 5.13 Å². The molecule has 0 saturated carbocycles. The number of aromatic nitrogens is 1. The molecule has 0 aliphatic heterocycles. The average molecular weight is 181 g/mol. The van der Waals surface area contributed by atoms with E-state index in [9.17, 15) is 0 Å². The molecule has 1 rings (SSSR count). The Bertz CT molecular complexity index is 309. The minimum atomic E-state index is 0.470. The molecule has 0 amide bonds. The summed E-state index contributed by atoms with van der Waals surface area (Å²) in [6.07, 6.45) is 0.470. The fraction of sp³-hybridized carbons (Fsp3) is 0.500. The monoisotopic (exact) mass is 181 g/mol. The van der Waals surface area contributed by atoms with Gasteiger partial charge in [-0.2, -0.15) is 5.26 Å². The fourth-order valence-electron chi connectivity index (χ4n) is 0.840. The Balaban J connectivity index is 2.94. The zero-order valence-corrected chi connectivity index (χ0v) is 8.27. The van der Waals surface area contributed by atoms with Crippen molar-refractivity contribution in [2.75, 3.05) is 19.0 Å². The van der Waals surface area contributed by atoms with Crippen LogP contribution >= 0.6 is 11.3 Å². The van der Waals surface area contributed by atoms with Crippen LogP contribution in [0.5, 0.6) is 0 Å². The van der Waals surface area contributed by atoms with Crippen LogP contribution in [0.1, 0.15) is 10.6 Å². The van der Waals surface area contributed by atoms with E-state index in [1.807, 2.05) is 25.9 Å². The molecule has 0 N–H and O–H groups in total. The molecule has 0 spiro atoms. The number of rotatable bonds is 2. The first kappa shape index (κ1) is 9.01. The van der Waals surface area contributed by atoms with Crippen molar-refractivity contribution in [3.8, 4) is 6.07 Å². The fourth-order valence-corrected chi connectivity index (χ4v) is 1.76. The lowest BCUT2D eigenvalue weighted by Crippen LogP contribution is -2.07. The van der Waals surface area contributed by atoms with Crippen molar-refractivity contribution in [2.45, 2.75) is 13.3 Å². The topological polar surface area (TPSA) is 39.9 Å². The lowest BCUT2D eigenvalue weighted by atomic mass is 10.3. The van der Waals surface area contributed by atoms with Gasteiger partial charge < -0.3 is 4.90 Å². The van der Waals surface area contributed by atoms with Gasteiger partial charge in [0, 0.05) is 19.0 Å². The molecule has 0 unspecified atom stereocenters. The summed E-state index contributed by atoms with van der Waals surface area (Å²) >= 11 is 1.58. The first-order chi connectivity index (χ1) is 5.65. The largest absolute Gasteiger partial charge is 0.354 e. The van der Waals surface area contributed by atoms with Gasteiger partial charge in [0.1, 0.15) is 0 Å². The third-order valence-corrected chi connectivity index (χ3v) is 2.83. The van der Waals surface area contributed by atoms with Gasteiger partial charge in [-0.3, -0.25) is 0 Å². The Morgan fingerprint density at radius 2 is 2.25 bits per heavy atom. The summed E-state index contributed by atoms with van der Waals surface area (Å²) in [5.74, 6) is 0. The minimum Gasteiger partial charge on any atom is -0.354 e. The van der Waals surface area contributed by atoms with Crippen LogP contribution in [-0.2, 0) is 6.42 Å². The van der Waals surface area contributed by atoms with Crippen LogP contribution in [-0.4, -0.2) is 19.1 Å². The third kappa shape index (κ3) is 1.74. The van der Waals surface area contributed by atoms with Crippen LogP contribution in [0.25, 0.3) is 0 Å². The van der Waals surface area contributed by atoms with Gasteiger partial charge in [-0.25, -0.2) is 4.98 Å². The molecule has 1 aromatic rings. The van der Waals surface area contributed by atoms with E-state index in [1.54, 1.807) is 11.3 Å². The van der Waals surface area contributed by atoms with Gasteiger partial charge in [-0.15, -0.1) is 11.3 Å². The first-order valence-electron chi connectivity index (χ1n) is 3.65. The van der Waals surface area contributed by atoms with Crippen LogP contribution in [0, 0.1) is 18.3 Å². The van der Waals surface area contributed by atoms with Gasteiger partial charge in [0.25, 0.3) is 0 Å². The van der Waals surface area contributed by atoms with Gasteiger partial charge in [-0.05, 0) is 6.92 Å². The standard InChI is InChI=1S/C8H11N3S/c1-6-7(4-5-9)12-8(10-6)11(2)3/h4H2,1-3H3. The molecule has 1 aromatic heterocycles. The number of nitrogens with zero attached hydrogens (tertiary/aromatic N) is 3. The molecular formula is C8H11N3S. The van der Waals surface area contributed by atoms with Crippen molar-refractivity contribution in [2.24, 2.45) is 0 Å². The SMILES string of the molecule is Cc1nc(N(C)C)sc1CC#N. The maximum Gasteiger partial charge on any atom is 0.185 e. The van der Waals surface area contributed by atoms with Crippen molar-refractivity contribution in [3.05, 3.63) is 10.6 Å². The van der Waals surface area contributed by atoms with E-state index in [0.29, 0.717) is 6.42 Å². The molecule has 64 valence electrons. The highest BCUT2D eigenvalue weighted by molar-refractivity contribution is 7.15. The predicted molar refractivity (Wildman–Crippen MR) is 50.5 cm³/mol. The van der Waals surface area contributed by atoms with Crippen molar-refractivity contribution in [1.82, 2.24) is 4.98 Å². The summed E-state index contributed by atoms with van der Waals surface area (Å²) in [7, 11) is 3.91. The summed E-state index contributed by atoms with van der Waals surface area (Å²) in [4.78, 5) is 7.35. The van der Waals surface area contributed by atoms with Crippen molar-refractivity contribution >= 4 is 16.5 Å². The summed E-state index contributed by atoms with van der Waals surface area (Å²) in [5, 5.41) is 9.48. The second-order valence-electron chi connectivity index (χ2n) is 2.73. The molecule has 0 fully saturated rings. The van der Waals surface area contributed by atoms with Crippen molar-refractivity contribution < 1.29 is 0 Å². The molecule has 0 saturated heterocycles. The highest BCUT2D eigenvalue weighted by Gasteiger charge is 2.07. The van der Waals surface area contributed by atoms with Crippen LogP contribution < -0.4 is 4.90 Å². The number of anilines is 1. The molecule has 4 heteroatoms. The quantitative estimate of drug-likeness (QED) is 0.695. The van der Waals surface area contributed by atoms with E-state index >= 15 is 0 Å². The van der Waals surface area contributed by atoms with Gasteiger partial charge in [0.15, 0.2) is 5.13 Å². The number of hydrogen-bond acceptors (Lipinski definition) is 4. The van der Waals surface area contributed by atoms with Crippen molar-refractivity contribution in [1.29, 1.82) is 5.26 Å². The Morgan fingerprint density at radius 1 is 1.58 bits per heavy atom. The summed E-state index contributed by atoms with van der Waals surface area (Å²) in [5.41, 5.74) is 0.977. The van der Waals surface area contributed by atoms with E-state index in [4.69, 9.17) is 5.26 Å². The molecule has 0 bridgehead atoms. The molecule has 12 heavy (non-hydrogen) atoms. The van der Waals surface area contributed by atoms with Gasteiger partial charge in [0.05, 0.1) is 18.2 Å². The zero-order chi connectivity index (χ0) is 9.14. The highest BCUT2D eigenvalue weighted by Crippen LogP contribution is 2.24. The Labute approximate surface area is 76.3 Å². The van der Waals surface area contributed by atoms with Gasteiger partial charge in [0.2, 0.25) is 0 Å². The molecule has 0 radical (unpaired) electrons. The smallest absolute Gasteiger partial charge is 0.185 e. The van der Waals surface area contributed by atoms with Gasteiger partial charge in [-0.1, -0.05) is 0 Å². The van der Waals surface area contributed by atoms with Crippen LogP contribution in [0.15, 0.2) is 0 Å². The third-order valence-electron chi connectivity index (χ3n) is 1.50. The molecule has 3 nitrogen and oxygen atoms in total. The summed E-state index contributed by atoms with van der Waals surface area (Å²) in [6.45, 7) is 1.94. The predicted octanol–water partition coefficient (Wildman–Crippen LogP) is 1.58. The Hall–Kier alpha value is -1.08. The van der Waals surface area contributed by atoms with Crippen LogP contribution in [0.3, 0.4) is 0 Å².